The summed E-state index contributed by atoms with van der Waals surface area (Å²) in [6, 6.07) is 14.6. The first-order valence-electron chi connectivity index (χ1n) is 7.41. The molecule has 3 heteroatoms. The van der Waals surface area contributed by atoms with Crippen molar-refractivity contribution in [1.29, 1.82) is 0 Å². The summed E-state index contributed by atoms with van der Waals surface area (Å²) in [4.78, 5) is 0. The number of rotatable bonds is 4. The number of benzene rings is 2. The summed E-state index contributed by atoms with van der Waals surface area (Å²) in [7, 11) is 1.98. The van der Waals surface area contributed by atoms with Crippen molar-refractivity contribution in [3.63, 3.8) is 0 Å². The van der Waals surface area contributed by atoms with Gasteiger partial charge in [-0.2, -0.15) is 0 Å². The molecule has 1 aliphatic rings. The minimum absolute atomic E-state index is 0.123. The van der Waals surface area contributed by atoms with Gasteiger partial charge in [0.05, 0.1) is 6.04 Å². The molecule has 1 saturated carbocycles. The molecule has 110 valence electrons. The van der Waals surface area contributed by atoms with Crippen molar-refractivity contribution >= 4 is 23.2 Å². The Hall–Kier alpha value is -1.02. The van der Waals surface area contributed by atoms with Crippen molar-refractivity contribution in [2.24, 2.45) is 0 Å². The fourth-order valence-electron chi connectivity index (χ4n) is 3.11. The summed E-state index contributed by atoms with van der Waals surface area (Å²) in [5, 5.41) is 4.77. The molecule has 0 aromatic heterocycles. The summed E-state index contributed by atoms with van der Waals surface area (Å²) < 4.78 is 0. The average Bonchev–Trinajstić information content (AvgIpc) is 2.38. The molecule has 3 rings (SSSR count). The monoisotopic (exact) mass is 319 g/mol. The van der Waals surface area contributed by atoms with Crippen molar-refractivity contribution in [3.05, 3.63) is 69.2 Å². The molecule has 0 heterocycles. The lowest BCUT2D eigenvalue weighted by Gasteiger charge is -2.30. The van der Waals surface area contributed by atoms with Gasteiger partial charge in [-0.15, -0.1) is 0 Å². The van der Waals surface area contributed by atoms with Crippen LogP contribution in [0.3, 0.4) is 0 Å². The van der Waals surface area contributed by atoms with Gasteiger partial charge >= 0.3 is 0 Å². The number of nitrogens with one attached hydrogen (secondary N) is 1. The molecular formula is C18H19Cl2N. The van der Waals surface area contributed by atoms with Gasteiger partial charge in [0.25, 0.3) is 0 Å². The number of hydrogen-bond donors (Lipinski definition) is 1. The molecule has 0 amide bonds. The van der Waals surface area contributed by atoms with E-state index in [-0.39, 0.29) is 6.04 Å². The smallest absolute Gasteiger partial charge is 0.0578 e. The van der Waals surface area contributed by atoms with Crippen LogP contribution >= 0.6 is 23.2 Å². The topological polar surface area (TPSA) is 12.0 Å². The lowest BCUT2D eigenvalue weighted by Crippen LogP contribution is -2.21. The predicted octanol–water partition coefficient (Wildman–Crippen LogP) is 5.57. The molecule has 0 aliphatic heterocycles. The van der Waals surface area contributed by atoms with Crippen LogP contribution in [0.25, 0.3) is 0 Å². The fourth-order valence-corrected chi connectivity index (χ4v) is 3.65. The zero-order chi connectivity index (χ0) is 14.8. The van der Waals surface area contributed by atoms with Gasteiger partial charge in [-0.05, 0) is 60.7 Å². The number of halogens is 2. The normalized spacial score (nSPS) is 16.5. The molecule has 1 fully saturated rings. The molecule has 2 aromatic carbocycles. The van der Waals surface area contributed by atoms with Crippen LogP contribution in [0.5, 0.6) is 0 Å². The lowest BCUT2D eigenvalue weighted by molar-refractivity contribution is 0.415. The maximum absolute atomic E-state index is 6.17. The lowest BCUT2D eigenvalue weighted by atomic mass is 9.76. The maximum Gasteiger partial charge on any atom is 0.0578 e. The minimum atomic E-state index is 0.123. The highest BCUT2D eigenvalue weighted by atomic mass is 35.5. The van der Waals surface area contributed by atoms with E-state index in [0.717, 1.165) is 5.56 Å². The Kier molecular flexibility index (Phi) is 4.54. The quantitative estimate of drug-likeness (QED) is 0.776. The van der Waals surface area contributed by atoms with Crippen LogP contribution in [0.15, 0.2) is 42.5 Å². The summed E-state index contributed by atoms with van der Waals surface area (Å²) in [6.07, 6.45) is 3.93. The first-order valence-corrected chi connectivity index (χ1v) is 8.16. The van der Waals surface area contributed by atoms with Crippen molar-refractivity contribution < 1.29 is 0 Å². The van der Waals surface area contributed by atoms with Gasteiger partial charge in [0.2, 0.25) is 0 Å². The molecule has 0 saturated heterocycles. The Morgan fingerprint density at radius 2 is 1.71 bits per heavy atom. The Morgan fingerprint density at radius 3 is 2.29 bits per heavy atom. The van der Waals surface area contributed by atoms with E-state index >= 15 is 0 Å². The minimum Gasteiger partial charge on any atom is -0.309 e. The van der Waals surface area contributed by atoms with E-state index in [1.54, 1.807) is 6.07 Å². The SMILES string of the molecule is CNC(c1cc(Cl)cc(Cl)c1)c1ccccc1C1CCC1. The Morgan fingerprint density at radius 1 is 1.05 bits per heavy atom. The van der Waals surface area contributed by atoms with E-state index in [4.69, 9.17) is 23.2 Å². The van der Waals surface area contributed by atoms with Gasteiger partial charge < -0.3 is 5.32 Å². The molecule has 0 spiro atoms. The predicted molar refractivity (Wildman–Crippen MR) is 90.4 cm³/mol. The third-order valence-corrected chi connectivity index (χ3v) is 4.80. The average molecular weight is 320 g/mol. The molecule has 1 N–H and O–H groups in total. The summed E-state index contributed by atoms with van der Waals surface area (Å²) in [5.74, 6) is 0.701. The fraction of sp³-hybridized carbons (Fsp3) is 0.333. The zero-order valence-corrected chi connectivity index (χ0v) is 13.6. The van der Waals surface area contributed by atoms with Crippen LogP contribution in [0, 0.1) is 0 Å². The van der Waals surface area contributed by atoms with Crippen LogP contribution in [-0.2, 0) is 0 Å². The van der Waals surface area contributed by atoms with Gasteiger partial charge in [-0.1, -0.05) is 53.9 Å². The largest absolute Gasteiger partial charge is 0.309 e. The van der Waals surface area contributed by atoms with Crippen LogP contribution < -0.4 is 5.32 Å². The summed E-state index contributed by atoms with van der Waals surface area (Å²) in [6.45, 7) is 0. The highest BCUT2D eigenvalue weighted by molar-refractivity contribution is 6.34. The molecule has 1 aliphatic carbocycles. The maximum atomic E-state index is 6.17. The van der Waals surface area contributed by atoms with Gasteiger partial charge in [-0.25, -0.2) is 0 Å². The third kappa shape index (κ3) is 3.11. The van der Waals surface area contributed by atoms with Crippen molar-refractivity contribution in [1.82, 2.24) is 5.32 Å². The second kappa shape index (κ2) is 6.39. The second-order valence-electron chi connectivity index (χ2n) is 5.68. The number of hydrogen-bond acceptors (Lipinski definition) is 1. The van der Waals surface area contributed by atoms with Crippen LogP contribution in [-0.4, -0.2) is 7.05 Å². The third-order valence-electron chi connectivity index (χ3n) is 4.36. The Bertz CT molecular complexity index is 615. The van der Waals surface area contributed by atoms with E-state index in [1.165, 1.54) is 30.4 Å². The molecule has 1 nitrogen and oxygen atoms in total. The van der Waals surface area contributed by atoms with Gasteiger partial charge in [0.15, 0.2) is 0 Å². The van der Waals surface area contributed by atoms with Gasteiger partial charge in [0.1, 0.15) is 0 Å². The van der Waals surface area contributed by atoms with E-state index in [1.807, 2.05) is 19.2 Å². The van der Waals surface area contributed by atoms with Crippen molar-refractivity contribution in [2.45, 2.75) is 31.2 Å². The van der Waals surface area contributed by atoms with Crippen LogP contribution in [0.4, 0.5) is 0 Å². The van der Waals surface area contributed by atoms with E-state index in [0.29, 0.717) is 16.0 Å². The van der Waals surface area contributed by atoms with E-state index in [9.17, 15) is 0 Å². The van der Waals surface area contributed by atoms with Gasteiger partial charge in [0, 0.05) is 10.0 Å². The molecule has 21 heavy (non-hydrogen) atoms. The zero-order valence-electron chi connectivity index (χ0n) is 12.1. The molecule has 2 aromatic rings. The summed E-state index contributed by atoms with van der Waals surface area (Å²) in [5.41, 5.74) is 3.91. The van der Waals surface area contributed by atoms with E-state index in [2.05, 4.69) is 29.6 Å². The Balaban J connectivity index is 2.03. The highest BCUT2D eigenvalue weighted by Gasteiger charge is 2.25. The first-order chi connectivity index (χ1) is 10.2. The first kappa shape index (κ1) is 14.9. The molecule has 0 bridgehead atoms. The molecule has 1 unspecified atom stereocenters. The van der Waals surface area contributed by atoms with E-state index < -0.39 is 0 Å². The van der Waals surface area contributed by atoms with Crippen molar-refractivity contribution in [3.8, 4) is 0 Å². The van der Waals surface area contributed by atoms with Crippen molar-refractivity contribution in [2.75, 3.05) is 7.05 Å². The molecule has 1 atom stereocenters. The van der Waals surface area contributed by atoms with Crippen LogP contribution in [0.1, 0.15) is 47.9 Å². The molecular weight excluding hydrogens is 301 g/mol. The van der Waals surface area contributed by atoms with Crippen LogP contribution in [0.2, 0.25) is 10.0 Å². The highest BCUT2D eigenvalue weighted by Crippen LogP contribution is 2.40. The molecule has 0 radical (unpaired) electrons. The van der Waals surface area contributed by atoms with Gasteiger partial charge in [-0.3, -0.25) is 0 Å². The Labute approximate surface area is 136 Å². The standard InChI is InChI=1S/C18H19Cl2N/c1-21-18(13-9-14(19)11-15(20)10-13)17-8-3-2-7-16(17)12-5-4-6-12/h2-3,7-12,18,21H,4-6H2,1H3. The second-order valence-corrected chi connectivity index (χ2v) is 6.55. The summed E-state index contributed by atoms with van der Waals surface area (Å²) >= 11 is 12.3.